The first-order valence-corrected chi connectivity index (χ1v) is 8.13. The highest BCUT2D eigenvalue weighted by atomic mass is 16.2. The number of rotatable bonds is 5. The van der Waals surface area contributed by atoms with Crippen LogP contribution in [0.5, 0.6) is 0 Å². The lowest BCUT2D eigenvalue weighted by Gasteiger charge is -2.17. The first-order valence-electron chi connectivity index (χ1n) is 8.13. The van der Waals surface area contributed by atoms with Gasteiger partial charge in [-0.15, -0.1) is 0 Å². The molecule has 3 amide bonds. The van der Waals surface area contributed by atoms with Gasteiger partial charge in [0.05, 0.1) is 0 Å². The zero-order valence-electron chi connectivity index (χ0n) is 13.4. The number of benzene rings is 2. The zero-order valence-corrected chi connectivity index (χ0v) is 13.4. The summed E-state index contributed by atoms with van der Waals surface area (Å²) in [6.07, 6.45) is 0.466. The van der Waals surface area contributed by atoms with Gasteiger partial charge in [-0.1, -0.05) is 48.5 Å². The van der Waals surface area contributed by atoms with Gasteiger partial charge in [0.25, 0.3) is 0 Å². The molecule has 1 saturated heterocycles. The van der Waals surface area contributed by atoms with Crippen LogP contribution in [0.15, 0.2) is 60.7 Å². The summed E-state index contributed by atoms with van der Waals surface area (Å²) >= 11 is 0. The summed E-state index contributed by atoms with van der Waals surface area (Å²) in [5.74, 6) is 0.248. The van der Waals surface area contributed by atoms with Crippen molar-refractivity contribution in [1.82, 2.24) is 10.6 Å². The quantitative estimate of drug-likeness (QED) is 0.888. The number of urea groups is 1. The number of hydrogen-bond acceptors (Lipinski definition) is 2. The number of carbonyl (C=O) groups is 2. The summed E-state index contributed by atoms with van der Waals surface area (Å²) in [6, 6.07) is 19.2. The van der Waals surface area contributed by atoms with Gasteiger partial charge in [0.1, 0.15) is 0 Å². The zero-order chi connectivity index (χ0) is 16.8. The molecule has 1 heterocycles. The first-order chi connectivity index (χ1) is 11.7. The van der Waals surface area contributed by atoms with Gasteiger partial charge in [-0.2, -0.15) is 0 Å². The Kier molecular flexibility index (Phi) is 5.11. The lowest BCUT2D eigenvalue weighted by molar-refractivity contribution is -0.117. The fourth-order valence-electron chi connectivity index (χ4n) is 2.85. The molecule has 5 heteroatoms. The number of amides is 3. The highest BCUT2D eigenvalue weighted by Gasteiger charge is 2.30. The number of nitrogens with one attached hydrogen (secondary N) is 2. The van der Waals surface area contributed by atoms with Crippen LogP contribution in [0, 0.1) is 5.92 Å². The van der Waals surface area contributed by atoms with Crippen molar-refractivity contribution in [3.05, 3.63) is 66.2 Å². The Bertz CT molecular complexity index is 688. The summed E-state index contributed by atoms with van der Waals surface area (Å²) in [5.41, 5.74) is 1.97. The van der Waals surface area contributed by atoms with E-state index in [9.17, 15) is 9.59 Å². The summed E-state index contributed by atoms with van der Waals surface area (Å²) in [5, 5.41) is 5.69. The van der Waals surface area contributed by atoms with E-state index in [0.717, 1.165) is 11.3 Å². The van der Waals surface area contributed by atoms with E-state index in [2.05, 4.69) is 10.6 Å². The third-order valence-corrected chi connectivity index (χ3v) is 4.12. The molecule has 1 aliphatic rings. The van der Waals surface area contributed by atoms with Crippen LogP contribution in [0.25, 0.3) is 0 Å². The van der Waals surface area contributed by atoms with Crippen molar-refractivity contribution in [2.45, 2.75) is 13.0 Å². The molecule has 0 spiro atoms. The van der Waals surface area contributed by atoms with Crippen LogP contribution in [-0.4, -0.2) is 25.0 Å². The molecular formula is C19H21N3O2. The molecule has 2 aromatic carbocycles. The van der Waals surface area contributed by atoms with Gasteiger partial charge in [-0.25, -0.2) is 4.79 Å². The molecule has 1 atom stereocenters. The molecular weight excluding hydrogens is 302 g/mol. The summed E-state index contributed by atoms with van der Waals surface area (Å²) in [4.78, 5) is 25.8. The summed E-state index contributed by atoms with van der Waals surface area (Å²) in [7, 11) is 0. The summed E-state index contributed by atoms with van der Waals surface area (Å²) < 4.78 is 0. The van der Waals surface area contributed by atoms with E-state index in [1.54, 1.807) is 4.90 Å². The van der Waals surface area contributed by atoms with Crippen molar-refractivity contribution in [2.24, 2.45) is 5.92 Å². The summed E-state index contributed by atoms with van der Waals surface area (Å²) in [6.45, 7) is 1.63. The predicted molar refractivity (Wildman–Crippen MR) is 93.6 cm³/mol. The standard InChI is InChI=1S/C19H21N3O2/c23-18-11-16(14-22(18)17-9-5-2-6-10-17)13-21-19(24)20-12-15-7-3-1-4-8-15/h1-10,16H,11-14H2,(H2,20,21,24)/t16-/m1/s1. The van der Waals surface area contributed by atoms with Crippen molar-refractivity contribution < 1.29 is 9.59 Å². The van der Waals surface area contributed by atoms with E-state index in [-0.39, 0.29) is 17.9 Å². The van der Waals surface area contributed by atoms with Gasteiger partial charge in [0.2, 0.25) is 5.91 Å². The van der Waals surface area contributed by atoms with Crippen molar-refractivity contribution in [1.29, 1.82) is 0 Å². The number of nitrogens with zero attached hydrogens (tertiary/aromatic N) is 1. The van der Waals surface area contributed by atoms with Crippen molar-refractivity contribution in [3.63, 3.8) is 0 Å². The van der Waals surface area contributed by atoms with Gasteiger partial charge in [0, 0.05) is 37.7 Å². The van der Waals surface area contributed by atoms with E-state index in [1.807, 2.05) is 60.7 Å². The monoisotopic (exact) mass is 323 g/mol. The highest BCUT2D eigenvalue weighted by molar-refractivity contribution is 5.95. The predicted octanol–water partition coefficient (Wildman–Crippen LogP) is 2.54. The maximum absolute atomic E-state index is 12.1. The SMILES string of the molecule is O=C(NCc1ccccc1)NC[C@H]1CC(=O)N(c2ccccc2)C1. The Morgan fingerprint density at radius 1 is 1.00 bits per heavy atom. The van der Waals surface area contributed by atoms with E-state index in [0.29, 0.717) is 26.1 Å². The Morgan fingerprint density at radius 3 is 2.38 bits per heavy atom. The molecule has 2 aromatic rings. The Balaban J connectivity index is 1.44. The molecule has 3 rings (SSSR count). The molecule has 124 valence electrons. The van der Waals surface area contributed by atoms with Gasteiger partial charge >= 0.3 is 6.03 Å². The first kappa shape index (κ1) is 16.1. The van der Waals surface area contributed by atoms with Gasteiger partial charge in [-0.05, 0) is 17.7 Å². The lowest BCUT2D eigenvalue weighted by Crippen LogP contribution is -2.38. The van der Waals surface area contributed by atoms with Crippen LogP contribution in [-0.2, 0) is 11.3 Å². The molecule has 0 bridgehead atoms. The lowest BCUT2D eigenvalue weighted by atomic mass is 10.1. The largest absolute Gasteiger partial charge is 0.338 e. The second-order valence-corrected chi connectivity index (χ2v) is 5.96. The molecule has 0 radical (unpaired) electrons. The Hall–Kier alpha value is -2.82. The minimum atomic E-state index is -0.204. The number of anilines is 1. The fraction of sp³-hybridized carbons (Fsp3) is 0.263. The van der Waals surface area contributed by atoms with Crippen molar-refractivity contribution in [2.75, 3.05) is 18.0 Å². The van der Waals surface area contributed by atoms with E-state index in [1.165, 1.54) is 0 Å². The van der Waals surface area contributed by atoms with Gasteiger partial charge < -0.3 is 15.5 Å². The molecule has 0 unspecified atom stereocenters. The highest BCUT2D eigenvalue weighted by Crippen LogP contribution is 2.24. The fourth-order valence-corrected chi connectivity index (χ4v) is 2.85. The second kappa shape index (κ2) is 7.64. The van der Waals surface area contributed by atoms with Crippen LogP contribution >= 0.6 is 0 Å². The topological polar surface area (TPSA) is 61.4 Å². The second-order valence-electron chi connectivity index (χ2n) is 5.96. The molecule has 1 aliphatic heterocycles. The van der Waals surface area contributed by atoms with Crippen molar-refractivity contribution >= 4 is 17.6 Å². The molecule has 0 aromatic heterocycles. The van der Waals surface area contributed by atoms with E-state index >= 15 is 0 Å². The number of para-hydroxylation sites is 1. The van der Waals surface area contributed by atoms with Gasteiger partial charge in [-0.3, -0.25) is 4.79 Å². The van der Waals surface area contributed by atoms with E-state index < -0.39 is 0 Å². The molecule has 0 aliphatic carbocycles. The minimum absolute atomic E-state index is 0.109. The molecule has 24 heavy (non-hydrogen) atoms. The van der Waals surface area contributed by atoms with Crippen molar-refractivity contribution in [3.8, 4) is 0 Å². The normalized spacial score (nSPS) is 16.9. The van der Waals surface area contributed by atoms with Gasteiger partial charge in [0.15, 0.2) is 0 Å². The van der Waals surface area contributed by atoms with Crippen LogP contribution < -0.4 is 15.5 Å². The molecule has 0 saturated carbocycles. The Labute approximate surface area is 141 Å². The number of carbonyl (C=O) groups excluding carboxylic acids is 2. The van der Waals surface area contributed by atoms with Crippen LogP contribution in [0.4, 0.5) is 10.5 Å². The van der Waals surface area contributed by atoms with E-state index in [4.69, 9.17) is 0 Å². The third-order valence-electron chi connectivity index (χ3n) is 4.12. The molecule has 1 fully saturated rings. The molecule has 5 nitrogen and oxygen atoms in total. The van der Waals surface area contributed by atoms with Crippen LogP contribution in [0.3, 0.4) is 0 Å². The average Bonchev–Trinajstić information content (AvgIpc) is 3.00. The Morgan fingerprint density at radius 2 is 1.67 bits per heavy atom. The van der Waals surface area contributed by atoms with Crippen LogP contribution in [0.1, 0.15) is 12.0 Å². The minimum Gasteiger partial charge on any atom is -0.338 e. The maximum atomic E-state index is 12.1. The third kappa shape index (κ3) is 4.13. The molecule has 2 N–H and O–H groups in total. The number of hydrogen-bond donors (Lipinski definition) is 2. The van der Waals surface area contributed by atoms with Crippen LogP contribution in [0.2, 0.25) is 0 Å². The maximum Gasteiger partial charge on any atom is 0.315 e. The average molecular weight is 323 g/mol. The smallest absolute Gasteiger partial charge is 0.315 e.